The Labute approximate surface area is 351 Å². The summed E-state index contributed by atoms with van der Waals surface area (Å²) in [6, 6.07) is 7.54. The fourth-order valence-electron chi connectivity index (χ4n) is 8.55. The highest BCUT2D eigenvalue weighted by atomic mass is 79.9. The van der Waals surface area contributed by atoms with Crippen molar-refractivity contribution in [3.63, 3.8) is 0 Å². The molecule has 0 bridgehead atoms. The predicted molar refractivity (Wildman–Crippen MR) is 219 cm³/mol. The Kier molecular flexibility index (Phi) is 12.1. The summed E-state index contributed by atoms with van der Waals surface area (Å²) in [5.74, 6) is -1.36. The van der Waals surface area contributed by atoms with E-state index in [0.29, 0.717) is 49.4 Å². The van der Waals surface area contributed by atoms with Crippen LogP contribution < -0.4 is 35.3 Å². The van der Waals surface area contributed by atoms with Gasteiger partial charge in [-0.25, -0.2) is 23.8 Å². The molecule has 14 nitrogen and oxygen atoms in total. The van der Waals surface area contributed by atoms with Gasteiger partial charge in [-0.05, 0) is 49.7 Å². The van der Waals surface area contributed by atoms with Crippen molar-refractivity contribution in [3.05, 3.63) is 84.3 Å². The summed E-state index contributed by atoms with van der Waals surface area (Å²) < 4.78 is 46.7. The van der Waals surface area contributed by atoms with Crippen molar-refractivity contribution < 1.29 is 23.0 Å². The first-order chi connectivity index (χ1) is 27.9. The van der Waals surface area contributed by atoms with Crippen LogP contribution in [0.15, 0.2) is 63.1 Å². The second-order valence-electron chi connectivity index (χ2n) is 15.6. The van der Waals surface area contributed by atoms with Crippen molar-refractivity contribution >= 4 is 56.2 Å². The minimum atomic E-state index is -2.47. The SMILES string of the molecule is O=c1[nH]ncc(N2CC[C@@H](Oc3cc(N4CCC5(CC4)CC(F)(F)C5)ccn3)C2)c1Cl.O=c1c(Cl)c(N2CC[C@@H](Oc3cc(Br)ccn3)C2)cnn1C1CCCCO1. The van der Waals surface area contributed by atoms with E-state index in [1.807, 2.05) is 34.1 Å². The zero-order valence-electron chi connectivity index (χ0n) is 31.7. The Morgan fingerprint density at radius 3 is 2.12 bits per heavy atom. The van der Waals surface area contributed by atoms with Crippen molar-refractivity contribution in [2.24, 2.45) is 5.41 Å². The van der Waals surface area contributed by atoms with Gasteiger partial charge in [0, 0.05) is 93.2 Å². The third kappa shape index (κ3) is 9.21. The van der Waals surface area contributed by atoms with Crippen LogP contribution in [-0.4, -0.2) is 94.0 Å². The number of aromatic amines is 1. The number of aromatic nitrogens is 6. The smallest absolute Gasteiger partial charge is 0.290 e. The van der Waals surface area contributed by atoms with Crippen LogP contribution in [0.4, 0.5) is 25.8 Å². The number of ether oxygens (including phenoxy) is 3. The Balaban J connectivity index is 0.000000164. The topological polar surface area (TPSA) is 144 Å². The first kappa shape index (κ1) is 40.7. The minimum absolute atomic E-state index is 0.0213. The molecule has 1 saturated carbocycles. The number of halogens is 5. The van der Waals surface area contributed by atoms with Crippen molar-refractivity contribution in [1.29, 1.82) is 0 Å². The van der Waals surface area contributed by atoms with Gasteiger partial charge < -0.3 is 28.9 Å². The lowest BCUT2D eigenvalue weighted by molar-refractivity contribution is -0.168. The van der Waals surface area contributed by atoms with E-state index in [4.69, 9.17) is 37.4 Å². The highest BCUT2D eigenvalue weighted by Crippen LogP contribution is 2.57. The molecule has 5 aliphatic rings. The molecule has 1 aliphatic carbocycles. The Hall–Kier alpha value is -4.06. The van der Waals surface area contributed by atoms with Gasteiger partial charge in [-0.15, -0.1) is 0 Å². The molecule has 19 heteroatoms. The lowest BCUT2D eigenvalue weighted by Crippen LogP contribution is -2.52. The highest BCUT2D eigenvalue weighted by molar-refractivity contribution is 9.10. The number of rotatable bonds is 8. The van der Waals surface area contributed by atoms with Gasteiger partial charge >= 0.3 is 0 Å². The summed E-state index contributed by atoms with van der Waals surface area (Å²) in [6.07, 6.45) is 12.2. The van der Waals surface area contributed by atoms with Gasteiger partial charge in [0.2, 0.25) is 17.7 Å². The Bertz CT molecular complexity index is 2190. The van der Waals surface area contributed by atoms with Crippen LogP contribution in [0.3, 0.4) is 0 Å². The van der Waals surface area contributed by atoms with E-state index >= 15 is 0 Å². The van der Waals surface area contributed by atoms with E-state index in [1.54, 1.807) is 24.8 Å². The number of pyridine rings is 2. The maximum atomic E-state index is 13.3. The van der Waals surface area contributed by atoms with Gasteiger partial charge in [0.05, 0.1) is 36.9 Å². The maximum Gasteiger partial charge on any atom is 0.290 e. The van der Waals surface area contributed by atoms with Crippen LogP contribution in [0.5, 0.6) is 11.8 Å². The van der Waals surface area contributed by atoms with E-state index in [9.17, 15) is 18.4 Å². The molecular formula is C39H44BrCl2F2N9O5. The van der Waals surface area contributed by atoms with Gasteiger partial charge in [-0.1, -0.05) is 39.1 Å². The molecule has 0 radical (unpaired) electrons. The number of anilines is 3. The Morgan fingerprint density at radius 2 is 1.48 bits per heavy atom. The summed E-state index contributed by atoms with van der Waals surface area (Å²) in [4.78, 5) is 39.2. The number of nitrogens with one attached hydrogen (secondary N) is 1. The number of alkyl halides is 2. The van der Waals surface area contributed by atoms with E-state index in [1.165, 1.54) is 4.68 Å². The van der Waals surface area contributed by atoms with E-state index in [2.05, 4.69) is 46.1 Å². The van der Waals surface area contributed by atoms with Crippen LogP contribution in [0.2, 0.25) is 10.0 Å². The maximum absolute atomic E-state index is 13.3. The van der Waals surface area contributed by atoms with Crippen LogP contribution in [-0.2, 0) is 4.74 Å². The summed E-state index contributed by atoms with van der Waals surface area (Å²) in [6.45, 7) is 4.83. The molecule has 3 atom stereocenters. The lowest BCUT2D eigenvalue weighted by Gasteiger charge is -2.52. The molecule has 0 amide bonds. The standard InChI is InChI=1S/C21H24ClF2N5O2.C18H20BrClN4O3/c22-18-16(10-26-27-19(18)30)29-6-2-15(11-29)31-17-9-14(1-5-25-17)28-7-3-20(4-8-28)12-21(23,24)13-20;19-12-4-6-21-15(9-12)27-13-5-7-23(11-13)14-10-22-24(18(25)17(14)20)16-3-1-2-8-26-16/h1,5,9-10,15H,2-4,6-8,11-13H2,(H,27,30);4,6,9-10,13,16H,1-3,5,7-8,11H2/t15-;13-,16?/m11/s1. The molecule has 8 heterocycles. The van der Waals surface area contributed by atoms with E-state index < -0.39 is 11.5 Å². The number of hydrogen-bond acceptors (Lipinski definition) is 12. The first-order valence-corrected chi connectivity index (χ1v) is 21.1. The molecule has 4 aromatic rings. The molecule has 1 unspecified atom stereocenters. The number of piperidine rings is 1. The van der Waals surface area contributed by atoms with Gasteiger partial charge in [0.15, 0.2) is 6.23 Å². The average molecular weight is 908 g/mol. The summed E-state index contributed by atoms with van der Waals surface area (Å²) >= 11 is 15.9. The van der Waals surface area contributed by atoms with Gasteiger partial charge in [-0.3, -0.25) is 9.59 Å². The largest absolute Gasteiger partial charge is 0.472 e. The van der Waals surface area contributed by atoms with Gasteiger partial charge in [0.1, 0.15) is 22.3 Å². The molecule has 4 aliphatic heterocycles. The number of nitrogens with zero attached hydrogens (tertiary/aromatic N) is 8. The molecule has 58 heavy (non-hydrogen) atoms. The number of H-pyrrole nitrogens is 1. The fourth-order valence-corrected chi connectivity index (χ4v) is 9.33. The zero-order chi connectivity index (χ0) is 40.4. The Morgan fingerprint density at radius 1 is 0.828 bits per heavy atom. The second-order valence-corrected chi connectivity index (χ2v) is 17.3. The summed E-state index contributed by atoms with van der Waals surface area (Å²) in [5.41, 5.74) is 1.35. The molecule has 4 aromatic heterocycles. The monoisotopic (exact) mass is 905 g/mol. The molecule has 310 valence electrons. The van der Waals surface area contributed by atoms with Crippen LogP contribution in [0.25, 0.3) is 0 Å². The van der Waals surface area contributed by atoms with Crippen molar-refractivity contribution in [3.8, 4) is 11.8 Å². The molecule has 0 aromatic carbocycles. The van der Waals surface area contributed by atoms with Crippen molar-refractivity contribution in [1.82, 2.24) is 29.9 Å². The van der Waals surface area contributed by atoms with Crippen LogP contribution in [0, 0.1) is 5.41 Å². The van der Waals surface area contributed by atoms with Crippen molar-refractivity contribution in [2.75, 3.05) is 60.6 Å². The number of hydrogen-bond donors (Lipinski definition) is 1. The van der Waals surface area contributed by atoms with Gasteiger partial charge in [-0.2, -0.15) is 14.9 Å². The normalized spacial score (nSPS) is 23.6. The third-order valence-electron chi connectivity index (χ3n) is 11.5. The molecule has 1 spiro atoms. The lowest BCUT2D eigenvalue weighted by atomic mass is 9.61. The minimum Gasteiger partial charge on any atom is -0.472 e. The first-order valence-electron chi connectivity index (χ1n) is 19.6. The molecule has 1 N–H and O–H groups in total. The van der Waals surface area contributed by atoms with E-state index in [-0.39, 0.29) is 52.3 Å². The fraction of sp³-hybridized carbons (Fsp3) is 0.538. The summed E-state index contributed by atoms with van der Waals surface area (Å²) in [5, 5.41) is 10.8. The zero-order valence-corrected chi connectivity index (χ0v) is 34.8. The second kappa shape index (κ2) is 17.3. The molecule has 5 fully saturated rings. The third-order valence-corrected chi connectivity index (χ3v) is 12.8. The predicted octanol–water partition coefficient (Wildman–Crippen LogP) is 6.90. The average Bonchev–Trinajstić information content (AvgIpc) is 3.87. The molecule has 9 rings (SSSR count). The molecule has 4 saturated heterocycles. The summed E-state index contributed by atoms with van der Waals surface area (Å²) in [7, 11) is 0. The highest BCUT2D eigenvalue weighted by Gasteiger charge is 2.56. The van der Waals surface area contributed by atoms with Crippen LogP contribution >= 0.6 is 39.1 Å². The molecular weight excluding hydrogens is 863 g/mol. The van der Waals surface area contributed by atoms with Gasteiger partial charge in [0.25, 0.3) is 11.1 Å². The van der Waals surface area contributed by atoms with Crippen molar-refractivity contribution in [2.45, 2.75) is 82.1 Å². The van der Waals surface area contributed by atoms with E-state index in [0.717, 1.165) is 74.7 Å². The quantitative estimate of drug-likeness (QED) is 0.197. The van der Waals surface area contributed by atoms with Crippen LogP contribution in [0.1, 0.15) is 64.0 Å².